The summed E-state index contributed by atoms with van der Waals surface area (Å²) in [4.78, 5) is 41.3. The first-order valence-electron chi connectivity index (χ1n) is 8.52. The average Bonchev–Trinajstić information content (AvgIpc) is 3.13. The van der Waals surface area contributed by atoms with E-state index in [-0.39, 0.29) is 0 Å². The molecule has 18 nitrogen and oxygen atoms in total. The highest BCUT2D eigenvalue weighted by Crippen LogP contribution is 2.66. The van der Waals surface area contributed by atoms with Crippen LogP contribution in [0.2, 0.25) is 0 Å². The molecule has 3 aliphatic heterocycles. The van der Waals surface area contributed by atoms with E-state index in [4.69, 9.17) is 25.2 Å². The number of hydrogen-bond acceptors (Lipinski definition) is 14. The fourth-order valence-electron chi connectivity index (χ4n) is 3.21. The van der Waals surface area contributed by atoms with Crippen molar-refractivity contribution in [3.8, 4) is 0 Å². The number of aliphatic hydroxyl groups excluding tert-OH is 2. The summed E-state index contributed by atoms with van der Waals surface area (Å²) in [6, 6.07) is -0.421. The van der Waals surface area contributed by atoms with Gasteiger partial charge in [-0.25, -0.2) is 13.7 Å². The van der Waals surface area contributed by atoms with Gasteiger partial charge in [0, 0.05) is 6.67 Å². The van der Waals surface area contributed by atoms with Gasteiger partial charge >= 0.3 is 23.5 Å². The lowest BCUT2D eigenvalue weighted by Crippen LogP contribution is -2.67. The minimum absolute atomic E-state index is 0.336. The van der Waals surface area contributed by atoms with Crippen LogP contribution in [0.1, 0.15) is 0 Å². The Morgan fingerprint density at radius 2 is 1.77 bits per heavy atom. The number of phosphoric ester groups is 1. The molecule has 0 aromatic heterocycles. The Bertz CT molecular complexity index is 841. The Morgan fingerprint density at radius 3 is 2.42 bits per heavy atom. The van der Waals surface area contributed by atoms with Gasteiger partial charge in [0.05, 0.1) is 19.1 Å². The van der Waals surface area contributed by atoms with E-state index in [0.717, 1.165) is 0 Å². The van der Waals surface area contributed by atoms with E-state index < -0.39 is 73.0 Å². The van der Waals surface area contributed by atoms with Crippen molar-refractivity contribution >= 4 is 29.8 Å². The van der Waals surface area contributed by atoms with Gasteiger partial charge in [-0.15, -0.1) is 0 Å². The molecule has 0 saturated carbocycles. The largest absolute Gasteiger partial charge is 0.490 e. The second-order valence-electron chi connectivity index (χ2n) is 6.69. The van der Waals surface area contributed by atoms with Crippen LogP contribution in [-0.4, -0.2) is 97.2 Å². The van der Waals surface area contributed by atoms with Crippen molar-refractivity contribution < 1.29 is 61.4 Å². The molecule has 2 saturated heterocycles. The summed E-state index contributed by atoms with van der Waals surface area (Å²) < 4.78 is 50.9. The van der Waals surface area contributed by atoms with Crippen molar-refractivity contribution in [1.29, 1.82) is 0 Å². The number of hydrogen-bond donors (Lipinski definition) is 9. The van der Waals surface area contributed by atoms with Crippen molar-refractivity contribution in [2.75, 3.05) is 13.3 Å². The highest BCUT2D eigenvalue weighted by molar-refractivity contribution is 7.66. The zero-order valence-corrected chi connectivity index (χ0v) is 18.1. The van der Waals surface area contributed by atoms with Crippen molar-refractivity contribution in [2.24, 2.45) is 10.7 Å². The molecule has 0 aromatic rings. The minimum atomic E-state index is -5.68. The monoisotopic (exact) mass is 513 g/mol. The number of aliphatic imine (C=N–C) groups is 1. The summed E-state index contributed by atoms with van der Waals surface area (Å²) in [7, 11) is -16.6. The second-order valence-corrected chi connectivity index (χ2v) is 11.1. The van der Waals surface area contributed by atoms with Crippen LogP contribution in [0.15, 0.2) is 4.99 Å². The molecule has 0 aliphatic carbocycles. The Labute approximate surface area is 174 Å². The number of nitrogens with one attached hydrogen (secondary N) is 2. The molecule has 2 fully saturated rings. The molecule has 0 amide bonds. The van der Waals surface area contributed by atoms with Crippen LogP contribution < -0.4 is 16.4 Å². The van der Waals surface area contributed by atoms with Crippen LogP contribution in [0.3, 0.4) is 0 Å². The molecule has 0 bridgehead atoms. The van der Waals surface area contributed by atoms with Gasteiger partial charge < -0.3 is 45.2 Å². The summed E-state index contributed by atoms with van der Waals surface area (Å²) in [5.74, 6) is 0. The normalized spacial score (nSPS) is 39.8. The minimum Gasteiger partial charge on any atom is -0.387 e. The summed E-state index contributed by atoms with van der Waals surface area (Å²) in [6.45, 7) is -0.574. The lowest BCUT2D eigenvalue weighted by Gasteiger charge is -2.39. The molecule has 3 aliphatic rings. The van der Waals surface area contributed by atoms with Gasteiger partial charge in [-0.2, -0.15) is 8.62 Å². The number of ether oxygens (including phenoxy) is 1. The predicted molar refractivity (Wildman–Crippen MR) is 97.5 cm³/mol. The van der Waals surface area contributed by atoms with Gasteiger partial charge in [0.1, 0.15) is 30.5 Å². The van der Waals surface area contributed by atoms with E-state index in [2.05, 4.69) is 28.8 Å². The van der Waals surface area contributed by atoms with Gasteiger partial charge in [0.15, 0.2) is 6.23 Å². The molecule has 0 radical (unpaired) electrons. The number of aliphatic hydroxyl groups is 2. The zero-order valence-electron chi connectivity index (χ0n) is 15.4. The molecule has 21 heteroatoms. The van der Waals surface area contributed by atoms with Crippen LogP contribution >= 0.6 is 23.5 Å². The van der Waals surface area contributed by atoms with Crippen LogP contribution in [0, 0.1) is 0 Å². The van der Waals surface area contributed by atoms with Crippen molar-refractivity contribution in [1.82, 2.24) is 15.5 Å². The summed E-state index contributed by atoms with van der Waals surface area (Å²) in [6.07, 6.45) is -5.25. The molecule has 0 spiro atoms. The van der Waals surface area contributed by atoms with Crippen molar-refractivity contribution in [3.05, 3.63) is 0 Å². The lowest BCUT2D eigenvalue weighted by atomic mass is 10.1. The summed E-state index contributed by atoms with van der Waals surface area (Å²) >= 11 is 0. The quantitative estimate of drug-likeness (QED) is 0.141. The highest BCUT2D eigenvalue weighted by Gasteiger charge is 2.51. The van der Waals surface area contributed by atoms with Gasteiger partial charge in [0.25, 0.3) is 0 Å². The molecule has 3 heterocycles. The first-order valence-corrected chi connectivity index (χ1v) is 13.0. The van der Waals surface area contributed by atoms with Gasteiger partial charge in [-0.1, -0.05) is 0 Å². The molecular formula is C10H22N5O13P3. The van der Waals surface area contributed by atoms with E-state index in [1.54, 1.807) is 0 Å². The van der Waals surface area contributed by atoms with Crippen molar-refractivity contribution in [3.63, 3.8) is 0 Å². The molecule has 0 aromatic carbocycles. The predicted octanol–water partition coefficient (Wildman–Crippen LogP) is -3.75. The molecule has 9 unspecified atom stereocenters. The third kappa shape index (κ3) is 6.16. The second kappa shape index (κ2) is 9.12. The fourth-order valence-corrected chi connectivity index (χ4v) is 6.24. The number of rotatable bonds is 8. The SMILES string of the molecule is NC1NCNC2C1N=CN2C1OC(COP(=O)(O)OP(=O)(O)OP(=O)(O)O)C(O)C1O. The third-order valence-corrected chi connectivity index (χ3v) is 8.29. The van der Waals surface area contributed by atoms with Gasteiger partial charge in [-0.05, 0) is 0 Å². The summed E-state index contributed by atoms with van der Waals surface area (Å²) in [5.41, 5.74) is 5.91. The lowest BCUT2D eigenvalue weighted by molar-refractivity contribution is -0.0861. The zero-order chi connectivity index (χ0) is 23.2. The van der Waals surface area contributed by atoms with Gasteiger partial charge in [-0.3, -0.25) is 20.1 Å². The standard InChI is InChI=1S/C10H22N5O13P3/c11-8-5-9(13-2-12-8)15(3-14-5)10-7(17)6(16)4(26-10)1-25-30(21,22)28-31(23,24)27-29(18,19)20/h3-10,12-13,16-17H,1-2,11H2,(H,21,22)(H,23,24)(H2,18,19,20). The third-order valence-electron chi connectivity index (χ3n) is 4.48. The van der Waals surface area contributed by atoms with Crippen molar-refractivity contribution in [2.45, 2.75) is 42.9 Å². The molecule has 180 valence electrons. The Hall–Kier alpha value is -0.360. The first-order chi connectivity index (χ1) is 14.2. The Kier molecular flexibility index (Phi) is 7.43. The molecule has 10 N–H and O–H groups in total. The Morgan fingerprint density at radius 1 is 1.10 bits per heavy atom. The number of nitrogens with zero attached hydrogens (tertiary/aromatic N) is 2. The maximum absolute atomic E-state index is 11.8. The summed E-state index contributed by atoms with van der Waals surface area (Å²) in [5, 5.41) is 26.5. The highest BCUT2D eigenvalue weighted by atomic mass is 31.3. The van der Waals surface area contributed by atoms with E-state index in [0.29, 0.717) is 6.67 Å². The number of fused-ring (bicyclic) bond motifs is 1. The van der Waals surface area contributed by atoms with Gasteiger partial charge in [0.2, 0.25) is 0 Å². The first kappa shape index (κ1) is 25.3. The van der Waals surface area contributed by atoms with E-state index in [9.17, 15) is 28.8 Å². The number of phosphoric acid groups is 3. The average molecular weight is 513 g/mol. The number of nitrogens with two attached hydrogens (primary N) is 1. The molecule has 31 heavy (non-hydrogen) atoms. The van der Waals surface area contributed by atoms with Crippen LogP contribution in [0.25, 0.3) is 0 Å². The smallest absolute Gasteiger partial charge is 0.387 e. The van der Waals surface area contributed by atoms with E-state index >= 15 is 0 Å². The fraction of sp³-hybridized carbons (Fsp3) is 0.900. The molecule has 3 rings (SSSR count). The maximum atomic E-state index is 11.8. The Balaban J connectivity index is 1.59. The maximum Gasteiger partial charge on any atom is 0.490 e. The molecular weight excluding hydrogens is 491 g/mol. The molecule has 9 atom stereocenters. The van der Waals surface area contributed by atoms with E-state index in [1.165, 1.54) is 11.2 Å². The van der Waals surface area contributed by atoms with Crippen LogP contribution in [0.5, 0.6) is 0 Å². The topological polar surface area (TPSA) is 275 Å². The van der Waals surface area contributed by atoms with Crippen LogP contribution in [-0.2, 0) is 31.6 Å². The van der Waals surface area contributed by atoms with Crippen LogP contribution in [0.4, 0.5) is 0 Å². The van der Waals surface area contributed by atoms with E-state index in [1.807, 2.05) is 0 Å².